The highest BCUT2D eigenvalue weighted by atomic mass is 19.1. The average molecular weight is 235 g/mol. The molecule has 0 radical (unpaired) electrons. The normalized spacial score (nSPS) is 10.5. The van der Waals surface area contributed by atoms with Gasteiger partial charge in [-0.15, -0.1) is 0 Å². The van der Waals surface area contributed by atoms with Crippen molar-refractivity contribution in [2.75, 3.05) is 0 Å². The van der Waals surface area contributed by atoms with Gasteiger partial charge in [-0.3, -0.25) is 0 Å². The molecule has 0 unspecified atom stereocenters. The molecule has 4 nitrogen and oxygen atoms in total. The molecule has 5 heteroatoms. The number of carboxylic acid groups (broad SMARTS) is 1. The van der Waals surface area contributed by atoms with Gasteiger partial charge in [-0.25, -0.2) is 14.2 Å². The maximum Gasteiger partial charge on any atom is 0.373 e. The van der Waals surface area contributed by atoms with Gasteiger partial charge in [0.1, 0.15) is 5.82 Å². The van der Waals surface area contributed by atoms with Crippen LogP contribution in [0.5, 0.6) is 0 Å². The second-order valence-electron chi connectivity index (χ2n) is 3.68. The summed E-state index contributed by atoms with van der Waals surface area (Å²) in [6, 6.07) is 4.67. The highest BCUT2D eigenvalue weighted by Crippen LogP contribution is 2.14. The first-order valence-electron chi connectivity index (χ1n) is 4.99. The van der Waals surface area contributed by atoms with E-state index in [2.05, 4.69) is 4.98 Å². The van der Waals surface area contributed by atoms with Crippen LogP contribution in [-0.2, 0) is 6.42 Å². The third-order valence-corrected chi connectivity index (χ3v) is 2.34. The van der Waals surface area contributed by atoms with Crippen molar-refractivity contribution in [3.63, 3.8) is 0 Å². The van der Waals surface area contributed by atoms with Crippen molar-refractivity contribution in [1.82, 2.24) is 4.98 Å². The number of halogens is 1. The molecular formula is C12H10FNO3. The molecule has 0 fully saturated rings. The summed E-state index contributed by atoms with van der Waals surface area (Å²) in [6.07, 6.45) is 1.50. The minimum atomic E-state index is -1.15. The SMILES string of the molecule is Cc1cc(Cc2ncc(C(=O)O)o2)ccc1F. The molecule has 0 bridgehead atoms. The molecule has 0 saturated carbocycles. The topological polar surface area (TPSA) is 63.3 Å². The van der Waals surface area contributed by atoms with E-state index < -0.39 is 5.97 Å². The van der Waals surface area contributed by atoms with Crippen molar-refractivity contribution < 1.29 is 18.7 Å². The van der Waals surface area contributed by atoms with Gasteiger partial charge >= 0.3 is 5.97 Å². The monoisotopic (exact) mass is 235 g/mol. The second-order valence-corrected chi connectivity index (χ2v) is 3.68. The van der Waals surface area contributed by atoms with Crippen LogP contribution in [0.15, 0.2) is 28.8 Å². The lowest BCUT2D eigenvalue weighted by atomic mass is 10.1. The Kier molecular flexibility index (Phi) is 2.91. The quantitative estimate of drug-likeness (QED) is 0.887. The summed E-state index contributed by atoms with van der Waals surface area (Å²) < 4.78 is 18.0. The highest BCUT2D eigenvalue weighted by molar-refractivity contribution is 5.83. The van der Waals surface area contributed by atoms with E-state index in [9.17, 15) is 9.18 Å². The molecule has 1 aromatic heterocycles. The maximum atomic E-state index is 13.0. The molecule has 0 aliphatic carbocycles. The van der Waals surface area contributed by atoms with Crippen molar-refractivity contribution >= 4 is 5.97 Å². The van der Waals surface area contributed by atoms with Crippen LogP contribution in [0.1, 0.15) is 27.6 Å². The van der Waals surface area contributed by atoms with Crippen LogP contribution < -0.4 is 0 Å². The number of aromatic carboxylic acids is 1. The minimum Gasteiger partial charge on any atom is -0.475 e. The Labute approximate surface area is 96.7 Å². The van der Waals surface area contributed by atoms with E-state index in [0.29, 0.717) is 17.9 Å². The summed E-state index contributed by atoms with van der Waals surface area (Å²) in [7, 11) is 0. The molecule has 2 aromatic rings. The molecule has 0 amide bonds. The van der Waals surface area contributed by atoms with Gasteiger partial charge in [-0.1, -0.05) is 12.1 Å². The average Bonchev–Trinajstić information content (AvgIpc) is 2.72. The first kappa shape index (κ1) is 11.3. The van der Waals surface area contributed by atoms with E-state index in [1.807, 2.05) is 0 Å². The summed E-state index contributed by atoms with van der Waals surface area (Å²) in [5.41, 5.74) is 1.36. The van der Waals surface area contributed by atoms with Crippen LogP contribution >= 0.6 is 0 Å². The lowest BCUT2D eigenvalue weighted by Gasteiger charge is -2.00. The van der Waals surface area contributed by atoms with Crippen molar-refractivity contribution in [1.29, 1.82) is 0 Å². The van der Waals surface area contributed by atoms with Gasteiger partial charge in [0.05, 0.1) is 6.20 Å². The Morgan fingerprint density at radius 2 is 2.29 bits per heavy atom. The Morgan fingerprint density at radius 1 is 1.53 bits per heavy atom. The smallest absolute Gasteiger partial charge is 0.373 e. The predicted octanol–water partition coefficient (Wildman–Crippen LogP) is 2.41. The van der Waals surface area contributed by atoms with Crippen LogP contribution in [-0.4, -0.2) is 16.1 Å². The molecule has 88 valence electrons. The van der Waals surface area contributed by atoms with E-state index in [0.717, 1.165) is 11.8 Å². The standard InChI is InChI=1S/C12H10FNO3/c1-7-4-8(2-3-9(7)13)5-11-14-6-10(17-11)12(15)16/h2-4,6H,5H2,1H3,(H,15,16). The lowest BCUT2D eigenvalue weighted by molar-refractivity contribution is 0.0660. The number of carboxylic acids is 1. The molecule has 1 N–H and O–H groups in total. The molecule has 0 spiro atoms. The molecular weight excluding hydrogens is 225 g/mol. The van der Waals surface area contributed by atoms with E-state index >= 15 is 0 Å². The van der Waals surface area contributed by atoms with E-state index in [1.165, 1.54) is 6.07 Å². The number of aromatic nitrogens is 1. The van der Waals surface area contributed by atoms with Crippen LogP contribution in [0.3, 0.4) is 0 Å². The number of aryl methyl sites for hydroxylation is 1. The number of nitrogens with zero attached hydrogens (tertiary/aromatic N) is 1. The maximum absolute atomic E-state index is 13.0. The minimum absolute atomic E-state index is 0.196. The van der Waals surface area contributed by atoms with E-state index in [1.54, 1.807) is 19.1 Å². The van der Waals surface area contributed by atoms with Crippen molar-refractivity contribution in [3.05, 3.63) is 53.0 Å². The zero-order valence-electron chi connectivity index (χ0n) is 9.11. The zero-order chi connectivity index (χ0) is 12.4. The van der Waals surface area contributed by atoms with Crippen molar-refractivity contribution in [2.24, 2.45) is 0 Å². The summed E-state index contributed by atoms with van der Waals surface area (Å²) in [4.78, 5) is 14.4. The lowest BCUT2D eigenvalue weighted by Crippen LogP contribution is -1.93. The fourth-order valence-corrected chi connectivity index (χ4v) is 1.48. The number of oxazole rings is 1. The first-order chi connectivity index (χ1) is 8.06. The number of hydrogen-bond acceptors (Lipinski definition) is 3. The molecule has 2 rings (SSSR count). The van der Waals surface area contributed by atoms with Crippen molar-refractivity contribution in [3.8, 4) is 0 Å². The number of hydrogen-bond donors (Lipinski definition) is 1. The van der Waals surface area contributed by atoms with Gasteiger partial charge in [-0.05, 0) is 24.1 Å². The van der Waals surface area contributed by atoms with E-state index in [4.69, 9.17) is 9.52 Å². The Hall–Kier alpha value is -2.17. The second kappa shape index (κ2) is 4.37. The third kappa shape index (κ3) is 2.50. The zero-order valence-corrected chi connectivity index (χ0v) is 9.11. The Balaban J connectivity index is 2.19. The molecule has 1 aromatic carbocycles. The number of benzene rings is 1. The van der Waals surface area contributed by atoms with Crippen LogP contribution in [0.4, 0.5) is 4.39 Å². The first-order valence-corrected chi connectivity index (χ1v) is 4.99. The Morgan fingerprint density at radius 3 is 2.88 bits per heavy atom. The van der Waals surface area contributed by atoms with Crippen LogP contribution in [0.25, 0.3) is 0 Å². The van der Waals surface area contributed by atoms with Crippen LogP contribution in [0.2, 0.25) is 0 Å². The number of rotatable bonds is 3. The van der Waals surface area contributed by atoms with Gasteiger partial charge in [0, 0.05) is 6.42 Å². The molecule has 0 saturated heterocycles. The molecule has 0 aliphatic heterocycles. The number of carbonyl (C=O) groups is 1. The fourth-order valence-electron chi connectivity index (χ4n) is 1.48. The molecule has 1 heterocycles. The summed E-state index contributed by atoms with van der Waals surface area (Å²) >= 11 is 0. The third-order valence-electron chi connectivity index (χ3n) is 2.34. The fraction of sp³-hybridized carbons (Fsp3) is 0.167. The summed E-state index contributed by atoms with van der Waals surface area (Å²) in [5.74, 6) is -1.32. The Bertz CT molecular complexity index is 563. The largest absolute Gasteiger partial charge is 0.475 e. The van der Waals surface area contributed by atoms with Crippen molar-refractivity contribution in [2.45, 2.75) is 13.3 Å². The van der Waals surface area contributed by atoms with Gasteiger partial charge in [0.25, 0.3) is 0 Å². The van der Waals surface area contributed by atoms with Gasteiger partial charge in [0.15, 0.2) is 5.89 Å². The summed E-state index contributed by atoms with van der Waals surface area (Å²) in [5, 5.41) is 8.66. The van der Waals surface area contributed by atoms with Crippen LogP contribution in [0, 0.1) is 12.7 Å². The summed E-state index contributed by atoms with van der Waals surface area (Å²) in [6.45, 7) is 1.66. The van der Waals surface area contributed by atoms with Gasteiger partial charge in [0.2, 0.25) is 5.76 Å². The van der Waals surface area contributed by atoms with E-state index in [-0.39, 0.29) is 11.6 Å². The molecule has 0 atom stereocenters. The van der Waals surface area contributed by atoms with Gasteiger partial charge in [-0.2, -0.15) is 0 Å². The highest BCUT2D eigenvalue weighted by Gasteiger charge is 2.11. The predicted molar refractivity (Wildman–Crippen MR) is 57.4 cm³/mol. The van der Waals surface area contributed by atoms with Gasteiger partial charge < -0.3 is 9.52 Å². The molecule has 0 aliphatic rings. The molecule has 17 heavy (non-hydrogen) atoms.